The van der Waals surface area contributed by atoms with Crippen molar-refractivity contribution in [3.63, 3.8) is 0 Å². The van der Waals surface area contributed by atoms with Gasteiger partial charge >= 0.3 is 6.18 Å². The monoisotopic (exact) mass is 476 g/mol. The molecule has 0 radical (unpaired) electrons. The molecule has 176 valence electrons. The summed E-state index contributed by atoms with van der Waals surface area (Å²) < 4.78 is 41.5. The summed E-state index contributed by atoms with van der Waals surface area (Å²) in [4.78, 5) is 5.58. The van der Waals surface area contributed by atoms with Crippen molar-refractivity contribution in [2.75, 3.05) is 31.1 Å². The molecule has 2 fully saturated rings. The summed E-state index contributed by atoms with van der Waals surface area (Å²) in [7, 11) is 0. The zero-order valence-corrected chi connectivity index (χ0v) is 19.1. The second-order valence-electron chi connectivity index (χ2n) is 8.76. The van der Waals surface area contributed by atoms with Gasteiger partial charge in [0, 0.05) is 36.7 Å². The normalized spacial score (nSPS) is 19.7. The number of nitrogens with zero attached hydrogens (tertiary/aromatic N) is 6. The van der Waals surface area contributed by atoms with E-state index < -0.39 is 11.7 Å². The molecular formula is C23H27F3N6S. The zero-order chi connectivity index (χ0) is 22.8. The predicted molar refractivity (Wildman–Crippen MR) is 121 cm³/mol. The fraction of sp³-hybridized carbons (Fsp3) is 0.522. The minimum atomic E-state index is -4.34. The van der Waals surface area contributed by atoms with Crippen molar-refractivity contribution >= 4 is 17.0 Å². The fourth-order valence-corrected chi connectivity index (χ4v) is 5.86. The maximum atomic E-state index is 13.2. The molecule has 0 amide bonds. The third kappa shape index (κ3) is 4.77. The molecule has 6 nitrogen and oxygen atoms in total. The van der Waals surface area contributed by atoms with Crippen LogP contribution < -0.4 is 4.90 Å². The SMILES string of the molecule is FC(F)(F)c1cccc(N2CCN([C@H](c3cccs3)c3nnnn3C3CCCCC3)CC2)c1. The lowest BCUT2D eigenvalue weighted by Gasteiger charge is -2.40. The molecule has 1 aromatic carbocycles. The molecule has 0 spiro atoms. The Balaban J connectivity index is 1.36. The van der Waals surface area contributed by atoms with E-state index in [4.69, 9.17) is 0 Å². The van der Waals surface area contributed by atoms with E-state index in [2.05, 4.69) is 31.9 Å². The van der Waals surface area contributed by atoms with Gasteiger partial charge in [0.1, 0.15) is 6.04 Å². The van der Waals surface area contributed by atoms with Crippen LogP contribution in [0, 0.1) is 0 Å². The van der Waals surface area contributed by atoms with Crippen LogP contribution in [0.5, 0.6) is 0 Å². The molecule has 5 rings (SSSR count). The number of thiophene rings is 1. The maximum Gasteiger partial charge on any atom is 0.416 e. The molecule has 2 aliphatic rings. The highest BCUT2D eigenvalue weighted by molar-refractivity contribution is 7.10. The van der Waals surface area contributed by atoms with Crippen LogP contribution in [0.4, 0.5) is 18.9 Å². The van der Waals surface area contributed by atoms with Gasteiger partial charge in [-0.05, 0) is 52.9 Å². The van der Waals surface area contributed by atoms with Gasteiger partial charge in [-0.3, -0.25) is 4.90 Å². The van der Waals surface area contributed by atoms with E-state index in [1.807, 2.05) is 15.6 Å². The summed E-state index contributed by atoms with van der Waals surface area (Å²) in [6.45, 7) is 2.73. The molecular weight excluding hydrogens is 449 g/mol. The Morgan fingerprint density at radius 1 is 0.970 bits per heavy atom. The molecule has 0 unspecified atom stereocenters. The first-order valence-electron chi connectivity index (χ1n) is 11.5. The van der Waals surface area contributed by atoms with Gasteiger partial charge in [-0.25, -0.2) is 4.68 Å². The van der Waals surface area contributed by atoms with E-state index >= 15 is 0 Å². The summed E-state index contributed by atoms with van der Waals surface area (Å²) in [6.07, 6.45) is 1.52. The first-order valence-corrected chi connectivity index (χ1v) is 12.4. The average molecular weight is 477 g/mol. The van der Waals surface area contributed by atoms with Crippen molar-refractivity contribution in [1.82, 2.24) is 25.1 Å². The molecule has 0 bridgehead atoms. The number of benzene rings is 1. The molecule has 1 saturated carbocycles. The maximum absolute atomic E-state index is 13.2. The van der Waals surface area contributed by atoms with Crippen LogP contribution in [0.1, 0.15) is 60.5 Å². The Labute approximate surface area is 195 Å². The van der Waals surface area contributed by atoms with Crippen LogP contribution in [0.15, 0.2) is 41.8 Å². The first kappa shape index (κ1) is 22.3. The number of tetrazole rings is 1. The number of aromatic nitrogens is 4. The van der Waals surface area contributed by atoms with E-state index in [0.717, 1.165) is 37.8 Å². The molecule has 2 aromatic heterocycles. The minimum Gasteiger partial charge on any atom is -0.369 e. The Morgan fingerprint density at radius 2 is 1.76 bits per heavy atom. The van der Waals surface area contributed by atoms with Crippen molar-refractivity contribution in [2.45, 2.75) is 50.4 Å². The van der Waals surface area contributed by atoms with Gasteiger partial charge in [0.15, 0.2) is 5.82 Å². The molecule has 0 N–H and O–H groups in total. The van der Waals surface area contributed by atoms with E-state index in [1.165, 1.54) is 36.3 Å². The number of anilines is 1. The average Bonchev–Trinajstić information content (AvgIpc) is 3.53. The van der Waals surface area contributed by atoms with Gasteiger partial charge in [-0.2, -0.15) is 13.2 Å². The van der Waals surface area contributed by atoms with Gasteiger partial charge in [-0.1, -0.05) is 31.4 Å². The summed E-state index contributed by atoms with van der Waals surface area (Å²) in [5, 5.41) is 15.0. The highest BCUT2D eigenvalue weighted by atomic mass is 32.1. The zero-order valence-electron chi connectivity index (χ0n) is 18.3. The number of hydrogen-bond donors (Lipinski definition) is 0. The number of hydrogen-bond acceptors (Lipinski definition) is 6. The molecule has 1 aliphatic heterocycles. The summed E-state index contributed by atoms with van der Waals surface area (Å²) in [6, 6.07) is 10.0. The van der Waals surface area contributed by atoms with Crippen LogP contribution in [0.3, 0.4) is 0 Å². The first-order chi connectivity index (χ1) is 16.0. The largest absolute Gasteiger partial charge is 0.416 e. The van der Waals surface area contributed by atoms with Crippen LogP contribution in [-0.2, 0) is 6.18 Å². The quantitative estimate of drug-likeness (QED) is 0.509. The Kier molecular flexibility index (Phi) is 6.38. The summed E-state index contributed by atoms with van der Waals surface area (Å²) in [5.41, 5.74) is 0.00902. The number of alkyl halides is 3. The van der Waals surface area contributed by atoms with Gasteiger partial charge in [0.2, 0.25) is 0 Å². The predicted octanol–water partition coefficient (Wildman–Crippen LogP) is 5.17. The summed E-state index contributed by atoms with van der Waals surface area (Å²) in [5.74, 6) is 0.872. The third-order valence-corrected chi connectivity index (χ3v) is 7.64. The van der Waals surface area contributed by atoms with Crippen molar-refractivity contribution in [3.05, 3.63) is 58.0 Å². The standard InChI is InChI=1S/C23H27F3N6S/c24-23(25,26)17-6-4-9-19(16-17)30-11-13-31(14-12-30)21(20-10-5-15-33-20)22-27-28-29-32(22)18-7-2-1-3-8-18/h4-6,9-10,15-16,18,21H,1-3,7-8,11-14H2/t21-/m1/s1. The van der Waals surface area contributed by atoms with Crippen LogP contribution in [0.25, 0.3) is 0 Å². The molecule has 1 aliphatic carbocycles. The Hall–Kier alpha value is -2.46. The van der Waals surface area contributed by atoms with Gasteiger partial charge < -0.3 is 4.90 Å². The number of halogens is 3. The lowest BCUT2D eigenvalue weighted by molar-refractivity contribution is -0.137. The van der Waals surface area contributed by atoms with Crippen molar-refractivity contribution in [1.29, 1.82) is 0 Å². The second kappa shape index (κ2) is 9.42. The molecule has 10 heteroatoms. The highest BCUT2D eigenvalue weighted by Gasteiger charge is 2.34. The Morgan fingerprint density at radius 3 is 2.45 bits per heavy atom. The van der Waals surface area contributed by atoms with Crippen molar-refractivity contribution in [3.8, 4) is 0 Å². The molecule has 1 saturated heterocycles. The lowest BCUT2D eigenvalue weighted by atomic mass is 9.95. The molecule has 3 heterocycles. The number of piperazine rings is 1. The van der Waals surface area contributed by atoms with E-state index in [-0.39, 0.29) is 6.04 Å². The summed E-state index contributed by atoms with van der Waals surface area (Å²) >= 11 is 1.69. The minimum absolute atomic E-state index is 0.0504. The topological polar surface area (TPSA) is 50.1 Å². The third-order valence-electron chi connectivity index (χ3n) is 6.71. The van der Waals surface area contributed by atoms with E-state index in [0.29, 0.717) is 24.8 Å². The van der Waals surface area contributed by atoms with Gasteiger partial charge in [0.05, 0.1) is 11.6 Å². The van der Waals surface area contributed by atoms with Crippen LogP contribution in [0.2, 0.25) is 0 Å². The molecule has 1 atom stereocenters. The van der Waals surface area contributed by atoms with E-state index in [9.17, 15) is 13.2 Å². The van der Waals surface area contributed by atoms with Crippen molar-refractivity contribution < 1.29 is 13.2 Å². The molecule has 33 heavy (non-hydrogen) atoms. The van der Waals surface area contributed by atoms with Gasteiger partial charge in [-0.15, -0.1) is 16.4 Å². The Bertz CT molecular complexity index is 1040. The van der Waals surface area contributed by atoms with Crippen LogP contribution in [-0.4, -0.2) is 51.3 Å². The van der Waals surface area contributed by atoms with E-state index in [1.54, 1.807) is 17.4 Å². The van der Waals surface area contributed by atoms with Crippen molar-refractivity contribution in [2.24, 2.45) is 0 Å². The smallest absolute Gasteiger partial charge is 0.369 e. The highest BCUT2D eigenvalue weighted by Crippen LogP contribution is 2.36. The van der Waals surface area contributed by atoms with Gasteiger partial charge in [0.25, 0.3) is 0 Å². The lowest BCUT2D eigenvalue weighted by Crippen LogP contribution is -2.48. The second-order valence-corrected chi connectivity index (χ2v) is 9.74. The van der Waals surface area contributed by atoms with Crippen LogP contribution >= 0.6 is 11.3 Å². The molecule has 3 aromatic rings. The fourth-order valence-electron chi connectivity index (χ4n) is 5.00. The number of rotatable bonds is 5.